The minimum atomic E-state index is -1.77. The van der Waals surface area contributed by atoms with Crippen LogP contribution >= 0.6 is 0 Å². The predicted octanol–water partition coefficient (Wildman–Crippen LogP) is 1.48. The van der Waals surface area contributed by atoms with E-state index in [-0.39, 0.29) is 5.78 Å². The largest absolute Gasteiger partial charge is 0.375 e. The van der Waals surface area contributed by atoms with Gasteiger partial charge in [-0.15, -0.1) is 0 Å². The molecule has 0 heterocycles. The molecule has 0 aliphatic carbocycles. The Balaban J connectivity index is 4.03. The molecule has 3 heteroatoms. The summed E-state index contributed by atoms with van der Waals surface area (Å²) < 4.78 is 0. The van der Waals surface area contributed by atoms with Crippen LogP contribution in [0, 0.1) is 0 Å². The lowest BCUT2D eigenvalue weighted by Gasteiger charge is -2.17. The van der Waals surface area contributed by atoms with Crippen molar-refractivity contribution in [2.24, 2.45) is 0 Å². The molecule has 0 aromatic heterocycles. The molecule has 0 radical (unpaired) electrons. The minimum Gasteiger partial charge on any atom is -0.375 e. The van der Waals surface area contributed by atoms with Crippen LogP contribution in [-0.2, 0) is 9.59 Å². The second-order valence-corrected chi connectivity index (χ2v) is 3.51. The van der Waals surface area contributed by atoms with Gasteiger partial charge in [0.2, 0.25) is 0 Å². The molecule has 0 bridgehead atoms. The number of Topliss-reactive ketones (excluding diaryl/α,β-unsaturated/α-hetero) is 2. The van der Waals surface area contributed by atoms with Crippen molar-refractivity contribution in [2.75, 3.05) is 0 Å². The molecule has 76 valence electrons. The van der Waals surface area contributed by atoms with Gasteiger partial charge in [0.25, 0.3) is 0 Å². The van der Waals surface area contributed by atoms with Gasteiger partial charge in [0.05, 0.1) is 0 Å². The molecule has 0 fully saturated rings. The van der Waals surface area contributed by atoms with E-state index in [1.54, 1.807) is 0 Å². The predicted molar refractivity (Wildman–Crippen MR) is 50.5 cm³/mol. The van der Waals surface area contributed by atoms with Crippen LogP contribution in [0.2, 0.25) is 0 Å². The zero-order valence-corrected chi connectivity index (χ0v) is 8.59. The van der Waals surface area contributed by atoms with Crippen LogP contribution < -0.4 is 0 Å². The summed E-state index contributed by atoms with van der Waals surface area (Å²) >= 11 is 0. The Kier molecular flexibility index (Phi) is 4.85. The highest BCUT2D eigenvalue weighted by Crippen LogP contribution is 2.12. The summed E-state index contributed by atoms with van der Waals surface area (Å²) in [5.41, 5.74) is -1.77. The van der Waals surface area contributed by atoms with Crippen molar-refractivity contribution in [1.29, 1.82) is 0 Å². The van der Waals surface area contributed by atoms with Crippen molar-refractivity contribution in [3.8, 4) is 0 Å². The fourth-order valence-corrected chi connectivity index (χ4v) is 0.975. The first kappa shape index (κ1) is 12.3. The number of unbranched alkanes of at least 4 members (excludes halogenated alkanes) is 2. The summed E-state index contributed by atoms with van der Waals surface area (Å²) in [6.45, 7) is 4.54. The van der Waals surface area contributed by atoms with Crippen molar-refractivity contribution < 1.29 is 14.7 Å². The lowest BCUT2D eigenvalue weighted by molar-refractivity contribution is -0.147. The summed E-state index contributed by atoms with van der Waals surface area (Å²) in [5, 5.41) is 9.46. The number of rotatable bonds is 6. The van der Waals surface area contributed by atoms with Crippen molar-refractivity contribution in [3.05, 3.63) is 0 Å². The Morgan fingerprint density at radius 3 is 2.23 bits per heavy atom. The highest BCUT2D eigenvalue weighted by atomic mass is 16.3. The third kappa shape index (κ3) is 3.68. The van der Waals surface area contributed by atoms with Gasteiger partial charge >= 0.3 is 0 Å². The van der Waals surface area contributed by atoms with E-state index < -0.39 is 11.4 Å². The third-order valence-electron chi connectivity index (χ3n) is 2.24. The van der Waals surface area contributed by atoms with Crippen molar-refractivity contribution >= 4 is 11.6 Å². The molecular weight excluding hydrogens is 168 g/mol. The lowest BCUT2D eigenvalue weighted by Crippen LogP contribution is -2.42. The quantitative estimate of drug-likeness (QED) is 0.505. The van der Waals surface area contributed by atoms with E-state index in [0.717, 1.165) is 19.3 Å². The van der Waals surface area contributed by atoms with E-state index >= 15 is 0 Å². The van der Waals surface area contributed by atoms with Crippen LogP contribution in [0.5, 0.6) is 0 Å². The van der Waals surface area contributed by atoms with Crippen LogP contribution in [0.1, 0.15) is 46.5 Å². The molecule has 0 amide bonds. The second kappa shape index (κ2) is 5.12. The second-order valence-electron chi connectivity index (χ2n) is 3.51. The Labute approximate surface area is 79.1 Å². The van der Waals surface area contributed by atoms with Crippen LogP contribution in [-0.4, -0.2) is 22.3 Å². The molecule has 0 saturated heterocycles. The van der Waals surface area contributed by atoms with Crippen molar-refractivity contribution in [2.45, 2.75) is 52.1 Å². The van der Waals surface area contributed by atoms with E-state index in [9.17, 15) is 14.7 Å². The van der Waals surface area contributed by atoms with E-state index in [1.165, 1.54) is 13.8 Å². The average molecular weight is 186 g/mol. The number of carbonyl (C=O) groups is 2. The molecule has 0 rings (SSSR count). The smallest absolute Gasteiger partial charge is 0.177 e. The van der Waals surface area contributed by atoms with Gasteiger partial charge in [-0.05, 0) is 20.3 Å². The maximum Gasteiger partial charge on any atom is 0.177 e. The van der Waals surface area contributed by atoms with Gasteiger partial charge in [0, 0.05) is 6.42 Å². The zero-order chi connectivity index (χ0) is 10.5. The molecule has 0 spiro atoms. The van der Waals surface area contributed by atoms with Crippen molar-refractivity contribution in [3.63, 3.8) is 0 Å². The summed E-state index contributed by atoms with van der Waals surface area (Å²) in [4.78, 5) is 22.2. The maximum atomic E-state index is 11.3. The maximum absolute atomic E-state index is 11.3. The van der Waals surface area contributed by atoms with Gasteiger partial charge < -0.3 is 5.11 Å². The number of aliphatic hydroxyl groups is 1. The van der Waals surface area contributed by atoms with Gasteiger partial charge in [-0.2, -0.15) is 0 Å². The first-order valence-electron chi connectivity index (χ1n) is 4.69. The van der Waals surface area contributed by atoms with Gasteiger partial charge in [0.1, 0.15) is 0 Å². The fourth-order valence-electron chi connectivity index (χ4n) is 0.975. The van der Waals surface area contributed by atoms with E-state index in [0.29, 0.717) is 6.42 Å². The first-order valence-corrected chi connectivity index (χ1v) is 4.69. The number of ketones is 2. The fraction of sp³-hybridized carbons (Fsp3) is 0.800. The molecule has 13 heavy (non-hydrogen) atoms. The van der Waals surface area contributed by atoms with Crippen LogP contribution in [0.15, 0.2) is 0 Å². The molecule has 1 atom stereocenters. The lowest BCUT2D eigenvalue weighted by atomic mass is 9.93. The topological polar surface area (TPSA) is 54.4 Å². The molecule has 0 aromatic carbocycles. The Hall–Kier alpha value is -0.700. The van der Waals surface area contributed by atoms with Gasteiger partial charge in [0.15, 0.2) is 17.2 Å². The summed E-state index contributed by atoms with van der Waals surface area (Å²) in [7, 11) is 0. The molecule has 1 N–H and O–H groups in total. The number of carbonyl (C=O) groups excluding carboxylic acids is 2. The van der Waals surface area contributed by atoms with Crippen LogP contribution in [0.4, 0.5) is 0 Å². The molecule has 0 aliphatic heterocycles. The monoisotopic (exact) mass is 186 g/mol. The van der Waals surface area contributed by atoms with Gasteiger partial charge in [-0.25, -0.2) is 0 Å². The third-order valence-corrected chi connectivity index (χ3v) is 2.24. The Morgan fingerprint density at radius 2 is 1.85 bits per heavy atom. The minimum absolute atomic E-state index is 0.292. The molecule has 0 aliphatic rings. The molecule has 0 unspecified atom stereocenters. The normalized spacial score (nSPS) is 15.1. The highest BCUT2D eigenvalue weighted by Gasteiger charge is 2.34. The molecular formula is C10H18O3. The molecule has 0 aromatic rings. The first-order chi connectivity index (χ1) is 5.92. The van der Waals surface area contributed by atoms with E-state index in [2.05, 4.69) is 0 Å². The van der Waals surface area contributed by atoms with E-state index in [1.807, 2.05) is 6.92 Å². The van der Waals surface area contributed by atoms with Crippen molar-refractivity contribution in [1.82, 2.24) is 0 Å². The number of hydrogen-bond acceptors (Lipinski definition) is 3. The molecule has 3 nitrogen and oxygen atoms in total. The molecule has 0 saturated carbocycles. The summed E-state index contributed by atoms with van der Waals surface area (Å²) in [6.07, 6.45) is 3.02. The number of hydrogen-bond donors (Lipinski definition) is 1. The highest BCUT2D eigenvalue weighted by molar-refractivity contribution is 6.08. The Bertz CT molecular complexity index is 194. The SMILES string of the molecule is CCCCCC(=O)[C@](C)(O)C(C)=O. The van der Waals surface area contributed by atoms with Gasteiger partial charge in [-0.1, -0.05) is 19.8 Å². The van der Waals surface area contributed by atoms with Gasteiger partial charge in [-0.3, -0.25) is 9.59 Å². The van der Waals surface area contributed by atoms with E-state index in [4.69, 9.17) is 0 Å². The van der Waals surface area contributed by atoms with Crippen LogP contribution in [0.3, 0.4) is 0 Å². The average Bonchev–Trinajstić information content (AvgIpc) is 2.04. The van der Waals surface area contributed by atoms with Crippen LogP contribution in [0.25, 0.3) is 0 Å². The standard InChI is InChI=1S/C10H18O3/c1-4-5-6-7-9(12)10(3,13)8(2)11/h13H,4-7H2,1-3H3/t10-/m1/s1. The summed E-state index contributed by atoms with van der Waals surface area (Å²) in [5.74, 6) is -0.845. The summed E-state index contributed by atoms with van der Waals surface area (Å²) in [6, 6.07) is 0. The Morgan fingerprint density at radius 1 is 1.31 bits per heavy atom. The zero-order valence-electron chi connectivity index (χ0n) is 8.59.